The number of β-lactam (4-membered cyclic amide) rings is 1. The number of rotatable bonds is 7. The van der Waals surface area contributed by atoms with Crippen molar-refractivity contribution < 1.29 is 50.1 Å². The van der Waals surface area contributed by atoms with E-state index in [4.69, 9.17) is 4.74 Å². The normalized spacial score (nSPS) is 23.6. The Morgan fingerprint density at radius 3 is 2.36 bits per heavy atom. The summed E-state index contributed by atoms with van der Waals surface area (Å²) in [4.78, 5) is 36.0. The molecule has 0 radical (unpaired) electrons. The number of nitrogens with zero attached hydrogens (tertiary/aromatic N) is 2. The molecule has 0 spiro atoms. The van der Waals surface area contributed by atoms with Gasteiger partial charge in [-0.25, -0.2) is 4.79 Å². The van der Waals surface area contributed by atoms with Gasteiger partial charge in [-0.1, -0.05) is 6.92 Å². The molecule has 33 heavy (non-hydrogen) atoms. The van der Waals surface area contributed by atoms with E-state index in [0.717, 1.165) is 17.0 Å². The van der Waals surface area contributed by atoms with Gasteiger partial charge in [0.2, 0.25) is 5.91 Å². The number of esters is 1. The quantitative estimate of drug-likeness (QED) is 0.149. The van der Waals surface area contributed by atoms with Gasteiger partial charge in [0.1, 0.15) is 6.61 Å². The van der Waals surface area contributed by atoms with E-state index in [2.05, 4.69) is 4.18 Å². The van der Waals surface area contributed by atoms with Crippen molar-refractivity contribution in [2.75, 3.05) is 0 Å². The van der Waals surface area contributed by atoms with Crippen molar-refractivity contribution in [3.63, 3.8) is 0 Å². The Balaban J connectivity index is 1.91. The topological polar surface area (TPSA) is 153 Å². The monoisotopic (exact) mass is 494 g/mol. The number of hydrogen-bond acceptors (Lipinski definition) is 9. The first-order valence-electron chi connectivity index (χ1n) is 9.34. The van der Waals surface area contributed by atoms with E-state index in [-0.39, 0.29) is 11.3 Å². The van der Waals surface area contributed by atoms with Gasteiger partial charge in [-0.2, -0.15) is 21.6 Å². The van der Waals surface area contributed by atoms with Crippen LogP contribution in [0.4, 0.5) is 18.9 Å². The minimum Gasteiger partial charge on any atom is -0.456 e. The number of non-ortho nitro benzene ring substituents is 1. The van der Waals surface area contributed by atoms with Gasteiger partial charge in [0.15, 0.2) is 11.5 Å². The molecule has 2 heterocycles. The zero-order chi connectivity index (χ0) is 24.9. The number of amides is 1. The smallest absolute Gasteiger partial charge is 0.456 e. The molecule has 0 saturated carbocycles. The van der Waals surface area contributed by atoms with Gasteiger partial charge in [0.05, 0.1) is 23.0 Å². The van der Waals surface area contributed by atoms with Gasteiger partial charge in [0.25, 0.3) is 5.69 Å². The molecule has 4 atom stereocenters. The molecule has 0 bridgehead atoms. The third-order valence-corrected chi connectivity index (χ3v) is 6.27. The van der Waals surface area contributed by atoms with E-state index >= 15 is 0 Å². The lowest BCUT2D eigenvalue weighted by atomic mass is 9.79. The predicted molar refractivity (Wildman–Crippen MR) is 101 cm³/mol. The predicted octanol–water partition coefficient (Wildman–Crippen LogP) is 1.57. The van der Waals surface area contributed by atoms with Gasteiger partial charge in [-0.05, 0) is 24.6 Å². The lowest BCUT2D eigenvalue weighted by molar-refractivity contribution is -0.384. The van der Waals surface area contributed by atoms with Crippen molar-refractivity contribution in [2.24, 2.45) is 11.8 Å². The van der Waals surface area contributed by atoms with Crippen LogP contribution in [0, 0.1) is 22.0 Å². The Kier molecular flexibility index (Phi) is 6.14. The first-order valence-corrected chi connectivity index (χ1v) is 10.7. The van der Waals surface area contributed by atoms with Gasteiger partial charge in [-0.3, -0.25) is 19.8 Å². The molecule has 1 amide bonds. The molecule has 0 aromatic heterocycles. The number of aliphatic hydroxyl groups excluding tert-OH is 1. The second-order valence-electron chi connectivity index (χ2n) is 7.45. The molecule has 2 aliphatic rings. The summed E-state index contributed by atoms with van der Waals surface area (Å²) in [7, 11) is -6.16. The third-order valence-electron chi connectivity index (χ3n) is 5.30. The fourth-order valence-electron chi connectivity index (χ4n) is 3.72. The van der Waals surface area contributed by atoms with E-state index in [1.807, 2.05) is 0 Å². The third kappa shape index (κ3) is 4.25. The van der Waals surface area contributed by atoms with Crippen LogP contribution in [-0.2, 0) is 35.2 Å². The summed E-state index contributed by atoms with van der Waals surface area (Å²) in [6, 6.07) is 3.78. The van der Waals surface area contributed by atoms with Crippen molar-refractivity contribution in [3.05, 3.63) is 51.4 Å². The number of nitro benzene ring substituents is 1. The summed E-state index contributed by atoms with van der Waals surface area (Å²) < 4.78 is 71.0. The number of benzene rings is 1. The van der Waals surface area contributed by atoms with Crippen LogP contribution < -0.4 is 0 Å². The Morgan fingerprint density at radius 2 is 1.88 bits per heavy atom. The number of fused-ring (bicyclic) bond motifs is 1. The van der Waals surface area contributed by atoms with Crippen LogP contribution in [0.1, 0.15) is 19.4 Å². The highest BCUT2D eigenvalue weighted by Gasteiger charge is 2.62. The number of ether oxygens (including phenoxy) is 1. The number of alkyl halides is 3. The minimum absolute atomic E-state index is 0.233. The van der Waals surface area contributed by atoms with Crippen LogP contribution in [0.25, 0.3) is 0 Å². The number of carbonyl (C=O) groups excluding carboxylic acids is 2. The molecule has 0 aliphatic carbocycles. The fourth-order valence-corrected chi connectivity index (χ4v) is 4.28. The van der Waals surface area contributed by atoms with Crippen LogP contribution in [0.15, 0.2) is 35.7 Å². The SMILES string of the molecule is C[C@@H](O)[C@H]1C(=O)N2C(C(=O)OCc3ccc([N+](=O)[O-])cc3)=C(OS(=O)(=O)C(F)(F)F)[C@H](C)[C@H]12. The molecule has 3 rings (SSSR count). The Labute approximate surface area is 184 Å². The van der Waals surface area contributed by atoms with Crippen LogP contribution in [0.2, 0.25) is 0 Å². The molecule has 1 aromatic carbocycles. The van der Waals surface area contributed by atoms with Gasteiger partial charge < -0.3 is 14.0 Å². The van der Waals surface area contributed by atoms with Crippen LogP contribution in [-0.4, -0.2) is 52.9 Å². The zero-order valence-electron chi connectivity index (χ0n) is 17.0. The van der Waals surface area contributed by atoms with Gasteiger partial charge in [0, 0.05) is 18.1 Å². The van der Waals surface area contributed by atoms with Crippen LogP contribution in [0.3, 0.4) is 0 Å². The van der Waals surface area contributed by atoms with Gasteiger partial charge in [-0.15, -0.1) is 0 Å². The summed E-state index contributed by atoms with van der Waals surface area (Å²) in [5.74, 6) is -5.35. The van der Waals surface area contributed by atoms with E-state index in [9.17, 15) is 46.4 Å². The standard InChI is InChI=1S/C18H17F3N2O9S/c1-8-13-12(9(2)24)16(25)22(13)14(15(8)32-33(29,30)18(19,20)21)17(26)31-7-10-3-5-11(6-4-10)23(27)28/h3-6,8-9,12-13,24H,7H2,1-2H3/t8-,9-,12-,13-/m1/s1. The van der Waals surface area contributed by atoms with Crippen molar-refractivity contribution in [2.45, 2.75) is 38.1 Å². The van der Waals surface area contributed by atoms with Crippen LogP contribution >= 0.6 is 0 Å². The number of hydrogen-bond donors (Lipinski definition) is 1. The highest BCUT2D eigenvalue weighted by molar-refractivity contribution is 7.87. The van der Waals surface area contributed by atoms with E-state index in [1.54, 1.807) is 0 Å². The van der Waals surface area contributed by atoms with Crippen molar-refractivity contribution >= 4 is 27.7 Å². The minimum atomic E-state index is -6.16. The van der Waals surface area contributed by atoms with E-state index in [1.165, 1.54) is 26.0 Å². The first kappa shape index (κ1) is 24.4. The molecule has 0 unspecified atom stereocenters. The average Bonchev–Trinajstić information content (AvgIpc) is 2.93. The van der Waals surface area contributed by atoms with Crippen molar-refractivity contribution in [1.29, 1.82) is 0 Å². The number of aliphatic hydroxyl groups is 1. The molecule has 1 fully saturated rings. The van der Waals surface area contributed by atoms with E-state index < -0.39 is 74.5 Å². The molecular formula is C18H17F3N2O9S. The summed E-state index contributed by atoms with van der Waals surface area (Å²) in [6.07, 6.45) is -1.22. The molecular weight excluding hydrogens is 477 g/mol. The average molecular weight is 494 g/mol. The lowest BCUT2D eigenvalue weighted by Crippen LogP contribution is -2.63. The molecule has 2 aliphatic heterocycles. The first-order chi connectivity index (χ1) is 15.2. The Morgan fingerprint density at radius 1 is 1.30 bits per heavy atom. The lowest BCUT2D eigenvalue weighted by Gasteiger charge is -2.46. The van der Waals surface area contributed by atoms with Gasteiger partial charge >= 0.3 is 21.6 Å². The summed E-state index contributed by atoms with van der Waals surface area (Å²) >= 11 is 0. The fraction of sp³-hybridized carbons (Fsp3) is 0.444. The second-order valence-corrected chi connectivity index (χ2v) is 8.99. The largest absolute Gasteiger partial charge is 0.534 e. The maximum absolute atomic E-state index is 12.9. The highest BCUT2D eigenvalue weighted by Crippen LogP contribution is 2.48. The number of nitro groups is 1. The Hall–Kier alpha value is -3.20. The molecule has 15 heteroatoms. The molecule has 11 nitrogen and oxygen atoms in total. The molecule has 180 valence electrons. The van der Waals surface area contributed by atoms with Crippen LogP contribution in [0.5, 0.6) is 0 Å². The number of carbonyl (C=O) groups is 2. The molecule has 1 aromatic rings. The molecule has 1 saturated heterocycles. The second kappa shape index (κ2) is 8.30. The summed E-state index contributed by atoms with van der Waals surface area (Å²) in [6.45, 7) is 2.03. The maximum Gasteiger partial charge on any atom is 0.534 e. The van der Waals surface area contributed by atoms with Crippen molar-refractivity contribution in [3.8, 4) is 0 Å². The van der Waals surface area contributed by atoms with E-state index in [0.29, 0.717) is 0 Å². The van der Waals surface area contributed by atoms with Crippen molar-refractivity contribution in [1.82, 2.24) is 4.90 Å². The molecule has 1 N–H and O–H groups in total. The zero-order valence-corrected chi connectivity index (χ0v) is 17.8. The highest BCUT2D eigenvalue weighted by atomic mass is 32.2. The maximum atomic E-state index is 12.9. The summed E-state index contributed by atoms with van der Waals surface area (Å²) in [5, 5.41) is 20.5. The Bertz CT molecular complexity index is 1130. The summed E-state index contributed by atoms with van der Waals surface area (Å²) in [5.41, 5.74) is -6.56. The number of halogens is 3.